The number of hydrogen-bond donors (Lipinski definition) is 1. The fourth-order valence-corrected chi connectivity index (χ4v) is 2.61. The topological polar surface area (TPSA) is 38.5 Å². The lowest BCUT2D eigenvalue weighted by Gasteiger charge is -2.32. The summed E-state index contributed by atoms with van der Waals surface area (Å²) in [6.45, 7) is 6.42. The number of hydrogen-bond acceptors (Lipinski definition) is 3. The van der Waals surface area contributed by atoms with E-state index in [0.29, 0.717) is 6.04 Å². The Morgan fingerprint density at radius 1 is 1.37 bits per heavy atom. The van der Waals surface area contributed by atoms with Crippen LogP contribution in [-0.4, -0.2) is 25.2 Å². The summed E-state index contributed by atoms with van der Waals surface area (Å²) < 4.78 is 5.96. The monoisotopic (exact) mass is 262 g/mol. The van der Waals surface area contributed by atoms with Crippen molar-refractivity contribution in [1.29, 1.82) is 0 Å². The van der Waals surface area contributed by atoms with Gasteiger partial charge >= 0.3 is 0 Å². The van der Waals surface area contributed by atoms with E-state index in [9.17, 15) is 0 Å². The molecule has 0 aromatic heterocycles. The first-order valence-corrected chi connectivity index (χ1v) is 7.46. The Morgan fingerprint density at radius 2 is 2.11 bits per heavy atom. The van der Waals surface area contributed by atoms with Crippen LogP contribution in [0, 0.1) is 0 Å². The zero-order valence-electron chi connectivity index (χ0n) is 12.1. The van der Waals surface area contributed by atoms with E-state index in [-0.39, 0.29) is 6.10 Å². The van der Waals surface area contributed by atoms with Crippen molar-refractivity contribution in [1.82, 2.24) is 0 Å². The molecule has 1 saturated heterocycles. The lowest BCUT2D eigenvalue weighted by Crippen LogP contribution is -2.39. The molecule has 0 bridgehead atoms. The molecule has 1 atom stereocenters. The summed E-state index contributed by atoms with van der Waals surface area (Å²) in [6.07, 6.45) is 4.71. The van der Waals surface area contributed by atoms with Crippen LogP contribution in [0.2, 0.25) is 0 Å². The summed E-state index contributed by atoms with van der Waals surface area (Å²) in [6, 6.07) is 8.82. The summed E-state index contributed by atoms with van der Waals surface area (Å²) in [5, 5.41) is 0. The Labute approximate surface area is 116 Å². The average molecular weight is 262 g/mol. The first kappa shape index (κ1) is 14.2. The molecule has 3 nitrogen and oxygen atoms in total. The van der Waals surface area contributed by atoms with Gasteiger partial charge in [-0.15, -0.1) is 0 Å². The van der Waals surface area contributed by atoms with Gasteiger partial charge in [-0.2, -0.15) is 0 Å². The van der Waals surface area contributed by atoms with Crippen LogP contribution in [0.5, 0.6) is 5.75 Å². The van der Waals surface area contributed by atoms with Crippen LogP contribution in [-0.2, 0) is 0 Å². The van der Waals surface area contributed by atoms with Gasteiger partial charge in [-0.25, -0.2) is 0 Å². The summed E-state index contributed by atoms with van der Waals surface area (Å²) in [7, 11) is 0. The lowest BCUT2D eigenvalue weighted by atomic mass is 10.1. The zero-order valence-corrected chi connectivity index (χ0v) is 12.1. The van der Waals surface area contributed by atoms with Gasteiger partial charge in [0.05, 0.1) is 6.10 Å². The third-order valence-corrected chi connectivity index (χ3v) is 3.75. The molecule has 0 aliphatic carbocycles. The molecular formula is C16H26N2O. The van der Waals surface area contributed by atoms with E-state index in [2.05, 4.69) is 36.9 Å². The van der Waals surface area contributed by atoms with Crippen molar-refractivity contribution in [3.8, 4) is 5.75 Å². The molecule has 19 heavy (non-hydrogen) atoms. The number of rotatable bonds is 5. The number of benzene rings is 1. The largest absolute Gasteiger partial charge is 0.491 e. The van der Waals surface area contributed by atoms with Crippen LogP contribution in [0.15, 0.2) is 24.3 Å². The Balaban J connectivity index is 1.98. The second kappa shape index (κ2) is 6.80. The third-order valence-electron chi connectivity index (χ3n) is 3.75. The van der Waals surface area contributed by atoms with Crippen molar-refractivity contribution < 1.29 is 4.74 Å². The Bertz CT molecular complexity index is 386. The molecule has 1 heterocycles. The average Bonchev–Trinajstić information content (AvgIpc) is 2.40. The van der Waals surface area contributed by atoms with Gasteiger partial charge in [-0.1, -0.05) is 19.4 Å². The molecule has 3 heteroatoms. The second-order valence-corrected chi connectivity index (χ2v) is 5.54. The van der Waals surface area contributed by atoms with Crippen LogP contribution < -0.4 is 15.4 Å². The highest BCUT2D eigenvalue weighted by Crippen LogP contribution is 2.25. The van der Waals surface area contributed by atoms with Crippen LogP contribution >= 0.6 is 0 Å². The maximum Gasteiger partial charge on any atom is 0.121 e. The first-order chi connectivity index (χ1) is 9.19. The second-order valence-electron chi connectivity index (χ2n) is 5.54. The highest BCUT2D eigenvalue weighted by molar-refractivity contribution is 5.51. The molecule has 1 aromatic rings. The minimum atomic E-state index is 0.287. The SMILES string of the molecule is CCCC(C)Oc1cccc(N2CCC(N)CC2)c1. The van der Waals surface area contributed by atoms with Crippen molar-refractivity contribution in [2.24, 2.45) is 5.73 Å². The molecule has 106 valence electrons. The van der Waals surface area contributed by atoms with E-state index in [0.717, 1.165) is 44.5 Å². The molecule has 1 aliphatic rings. The predicted octanol–water partition coefficient (Wildman–Crippen LogP) is 3.18. The molecule has 1 aromatic carbocycles. The standard InChI is InChI=1S/C16H26N2O/c1-3-5-13(2)19-16-7-4-6-15(12-16)18-10-8-14(17)9-11-18/h4,6-7,12-14H,3,5,8-11,17H2,1-2H3. The minimum absolute atomic E-state index is 0.287. The summed E-state index contributed by atoms with van der Waals surface area (Å²) in [5.41, 5.74) is 7.21. The van der Waals surface area contributed by atoms with Crippen LogP contribution in [0.4, 0.5) is 5.69 Å². The molecule has 0 saturated carbocycles. The third kappa shape index (κ3) is 4.13. The van der Waals surface area contributed by atoms with Crippen LogP contribution in [0.25, 0.3) is 0 Å². The summed E-state index contributed by atoms with van der Waals surface area (Å²) in [4.78, 5) is 2.40. The van der Waals surface area contributed by atoms with Crippen molar-refractivity contribution in [3.63, 3.8) is 0 Å². The summed E-state index contributed by atoms with van der Waals surface area (Å²) in [5.74, 6) is 0.980. The molecule has 1 unspecified atom stereocenters. The zero-order chi connectivity index (χ0) is 13.7. The maximum absolute atomic E-state index is 5.96. The molecular weight excluding hydrogens is 236 g/mol. The van der Waals surface area contributed by atoms with Gasteiger partial charge < -0.3 is 15.4 Å². The number of piperidine rings is 1. The molecule has 1 aliphatic heterocycles. The van der Waals surface area contributed by atoms with Gasteiger partial charge in [0.2, 0.25) is 0 Å². The number of nitrogens with two attached hydrogens (primary N) is 1. The van der Waals surface area contributed by atoms with Crippen LogP contribution in [0.3, 0.4) is 0 Å². The molecule has 2 rings (SSSR count). The smallest absolute Gasteiger partial charge is 0.121 e. The van der Waals surface area contributed by atoms with Gasteiger partial charge in [-0.05, 0) is 38.3 Å². The van der Waals surface area contributed by atoms with E-state index in [4.69, 9.17) is 10.5 Å². The van der Waals surface area contributed by atoms with Gasteiger partial charge in [0.15, 0.2) is 0 Å². The van der Waals surface area contributed by atoms with E-state index >= 15 is 0 Å². The van der Waals surface area contributed by atoms with E-state index < -0.39 is 0 Å². The number of ether oxygens (including phenoxy) is 1. The van der Waals surface area contributed by atoms with Crippen molar-refractivity contribution >= 4 is 5.69 Å². The minimum Gasteiger partial charge on any atom is -0.491 e. The number of nitrogens with zero attached hydrogens (tertiary/aromatic N) is 1. The van der Waals surface area contributed by atoms with Crippen LogP contribution in [0.1, 0.15) is 39.5 Å². The molecule has 0 amide bonds. The Hall–Kier alpha value is -1.22. The Kier molecular flexibility index (Phi) is 5.08. The molecule has 0 radical (unpaired) electrons. The van der Waals surface area contributed by atoms with Gasteiger partial charge in [-0.3, -0.25) is 0 Å². The lowest BCUT2D eigenvalue weighted by molar-refractivity contribution is 0.210. The van der Waals surface area contributed by atoms with Crippen molar-refractivity contribution in [2.45, 2.75) is 51.7 Å². The molecule has 1 fully saturated rings. The first-order valence-electron chi connectivity index (χ1n) is 7.46. The number of anilines is 1. The van der Waals surface area contributed by atoms with Gasteiger partial charge in [0.1, 0.15) is 5.75 Å². The van der Waals surface area contributed by atoms with E-state index in [1.54, 1.807) is 0 Å². The molecule has 0 spiro atoms. The predicted molar refractivity (Wildman–Crippen MR) is 80.9 cm³/mol. The normalized spacial score (nSPS) is 18.4. The maximum atomic E-state index is 5.96. The fraction of sp³-hybridized carbons (Fsp3) is 0.625. The van der Waals surface area contributed by atoms with Gasteiger partial charge in [0, 0.05) is 30.9 Å². The Morgan fingerprint density at radius 3 is 2.79 bits per heavy atom. The van der Waals surface area contributed by atoms with Gasteiger partial charge in [0.25, 0.3) is 0 Å². The van der Waals surface area contributed by atoms with E-state index in [1.165, 1.54) is 5.69 Å². The highest BCUT2D eigenvalue weighted by Gasteiger charge is 2.16. The highest BCUT2D eigenvalue weighted by atomic mass is 16.5. The fourth-order valence-electron chi connectivity index (χ4n) is 2.61. The quantitative estimate of drug-likeness (QED) is 0.885. The van der Waals surface area contributed by atoms with Crippen molar-refractivity contribution in [2.75, 3.05) is 18.0 Å². The molecule has 2 N–H and O–H groups in total. The van der Waals surface area contributed by atoms with Crippen molar-refractivity contribution in [3.05, 3.63) is 24.3 Å². The van der Waals surface area contributed by atoms with E-state index in [1.807, 2.05) is 6.07 Å². The summed E-state index contributed by atoms with van der Waals surface area (Å²) >= 11 is 0.